The Morgan fingerprint density at radius 1 is 1.31 bits per heavy atom. The smallest absolute Gasteiger partial charge is 0.338 e. The van der Waals surface area contributed by atoms with Gasteiger partial charge in [-0.2, -0.15) is 0 Å². The topological polar surface area (TPSA) is 26.3 Å². The van der Waals surface area contributed by atoms with Crippen molar-refractivity contribution in [3.63, 3.8) is 0 Å². The summed E-state index contributed by atoms with van der Waals surface area (Å²) in [4.78, 5) is 11.5. The first-order valence-electron chi connectivity index (χ1n) is 5.21. The summed E-state index contributed by atoms with van der Waals surface area (Å²) in [5, 5.41) is 0. The van der Waals surface area contributed by atoms with Gasteiger partial charge in [0.15, 0.2) is 0 Å². The van der Waals surface area contributed by atoms with Crippen molar-refractivity contribution in [3.8, 4) is 0 Å². The molecule has 0 heterocycles. The summed E-state index contributed by atoms with van der Waals surface area (Å²) in [6.07, 6.45) is -0.959. The monoisotopic (exact) mass is 226 g/mol. The minimum Gasteiger partial charge on any atom is -0.459 e. The minimum atomic E-state index is -2.68. The summed E-state index contributed by atoms with van der Waals surface area (Å²) in [5.74, 6) is -3.20. The van der Waals surface area contributed by atoms with E-state index in [4.69, 9.17) is 4.74 Å². The molecule has 4 heteroatoms. The number of hydrogen-bond donors (Lipinski definition) is 0. The lowest BCUT2D eigenvalue weighted by molar-refractivity contribution is -0.0120. The number of esters is 1. The van der Waals surface area contributed by atoms with Crippen LogP contribution in [0.15, 0.2) is 30.3 Å². The van der Waals surface area contributed by atoms with E-state index in [0.29, 0.717) is 5.56 Å². The summed E-state index contributed by atoms with van der Waals surface area (Å²) in [5.41, 5.74) is 0.401. The molecule has 0 aromatic heterocycles. The van der Waals surface area contributed by atoms with Crippen molar-refractivity contribution >= 4 is 5.97 Å². The van der Waals surface area contributed by atoms with E-state index in [1.165, 1.54) is 0 Å². The third-order valence-corrected chi connectivity index (χ3v) is 2.64. The van der Waals surface area contributed by atoms with Gasteiger partial charge in [0.25, 0.3) is 5.92 Å². The number of carbonyl (C=O) groups is 1. The molecule has 1 atom stereocenters. The third-order valence-electron chi connectivity index (χ3n) is 2.64. The predicted molar refractivity (Wildman–Crippen MR) is 54.4 cm³/mol. The lowest BCUT2D eigenvalue weighted by Crippen LogP contribution is -2.18. The van der Waals surface area contributed by atoms with Crippen LogP contribution in [0.25, 0.3) is 0 Å². The van der Waals surface area contributed by atoms with Gasteiger partial charge in [0, 0.05) is 12.8 Å². The predicted octanol–water partition coefficient (Wildman–Crippen LogP) is 3.03. The number of halogens is 2. The molecule has 1 aromatic rings. The molecular formula is C12H12F2O2. The van der Waals surface area contributed by atoms with Crippen molar-refractivity contribution in [1.29, 1.82) is 0 Å². The molecule has 1 aliphatic rings. The van der Waals surface area contributed by atoms with Crippen LogP contribution in [0.4, 0.5) is 8.78 Å². The van der Waals surface area contributed by atoms with Gasteiger partial charge < -0.3 is 4.74 Å². The van der Waals surface area contributed by atoms with E-state index in [0.717, 1.165) is 0 Å². The molecule has 86 valence electrons. The second-order valence-corrected chi connectivity index (χ2v) is 3.99. The fourth-order valence-electron chi connectivity index (χ4n) is 1.80. The van der Waals surface area contributed by atoms with Gasteiger partial charge in [0.1, 0.15) is 6.10 Å². The maximum Gasteiger partial charge on any atom is 0.338 e. The number of carbonyl (C=O) groups excluding carboxylic acids is 1. The molecule has 0 saturated heterocycles. The highest BCUT2D eigenvalue weighted by atomic mass is 19.3. The molecule has 1 unspecified atom stereocenters. The standard InChI is InChI=1S/C12H12F2O2/c13-12(14)7-6-10(8-12)16-11(15)9-4-2-1-3-5-9/h1-5,10H,6-8H2. The lowest BCUT2D eigenvalue weighted by Gasteiger charge is -2.12. The molecule has 2 rings (SSSR count). The van der Waals surface area contributed by atoms with Crippen molar-refractivity contribution in [3.05, 3.63) is 35.9 Å². The zero-order valence-electron chi connectivity index (χ0n) is 8.66. The highest BCUT2D eigenvalue weighted by Crippen LogP contribution is 2.36. The van der Waals surface area contributed by atoms with Gasteiger partial charge in [0.2, 0.25) is 0 Å². The molecule has 1 fully saturated rings. The van der Waals surface area contributed by atoms with Crippen molar-refractivity contribution < 1.29 is 18.3 Å². The van der Waals surface area contributed by atoms with E-state index >= 15 is 0 Å². The van der Waals surface area contributed by atoms with Crippen LogP contribution >= 0.6 is 0 Å². The maximum atomic E-state index is 12.9. The second-order valence-electron chi connectivity index (χ2n) is 3.99. The molecule has 1 aromatic carbocycles. The highest BCUT2D eigenvalue weighted by Gasteiger charge is 2.41. The van der Waals surface area contributed by atoms with E-state index in [-0.39, 0.29) is 19.3 Å². The van der Waals surface area contributed by atoms with Crippen molar-refractivity contribution in [2.24, 2.45) is 0 Å². The van der Waals surface area contributed by atoms with Crippen LogP contribution in [0.5, 0.6) is 0 Å². The van der Waals surface area contributed by atoms with E-state index in [2.05, 4.69) is 0 Å². The molecular weight excluding hydrogens is 214 g/mol. The summed E-state index contributed by atoms with van der Waals surface area (Å²) in [6.45, 7) is 0. The molecule has 0 N–H and O–H groups in total. The van der Waals surface area contributed by atoms with E-state index in [9.17, 15) is 13.6 Å². The van der Waals surface area contributed by atoms with E-state index < -0.39 is 18.0 Å². The Kier molecular flexibility index (Phi) is 2.90. The lowest BCUT2D eigenvalue weighted by atomic mass is 10.2. The zero-order chi connectivity index (χ0) is 11.6. The van der Waals surface area contributed by atoms with Gasteiger partial charge in [-0.15, -0.1) is 0 Å². The Morgan fingerprint density at radius 2 is 2.00 bits per heavy atom. The second kappa shape index (κ2) is 4.20. The van der Waals surface area contributed by atoms with Gasteiger partial charge in [-0.05, 0) is 18.6 Å². The van der Waals surface area contributed by atoms with Crippen molar-refractivity contribution in [2.45, 2.75) is 31.3 Å². The largest absolute Gasteiger partial charge is 0.459 e. The Labute approximate surface area is 92.2 Å². The first-order valence-corrected chi connectivity index (χ1v) is 5.21. The van der Waals surface area contributed by atoms with Crippen molar-refractivity contribution in [2.75, 3.05) is 0 Å². The van der Waals surface area contributed by atoms with Gasteiger partial charge in [0.05, 0.1) is 5.56 Å². The zero-order valence-corrected chi connectivity index (χ0v) is 8.66. The SMILES string of the molecule is O=C(OC1CCC(F)(F)C1)c1ccccc1. The van der Waals surface area contributed by atoms with E-state index in [1.807, 2.05) is 0 Å². The number of ether oxygens (including phenoxy) is 1. The van der Waals surface area contributed by atoms with Crippen molar-refractivity contribution in [1.82, 2.24) is 0 Å². The molecule has 0 aliphatic heterocycles. The average Bonchev–Trinajstić information content (AvgIpc) is 2.59. The van der Waals surface area contributed by atoms with Crippen LogP contribution in [0.3, 0.4) is 0 Å². The fraction of sp³-hybridized carbons (Fsp3) is 0.417. The summed E-state index contributed by atoms with van der Waals surface area (Å²) in [6, 6.07) is 8.41. The van der Waals surface area contributed by atoms with Crippen LogP contribution in [0.1, 0.15) is 29.6 Å². The Balaban J connectivity index is 1.94. The van der Waals surface area contributed by atoms with Crippen LogP contribution in [-0.2, 0) is 4.74 Å². The quantitative estimate of drug-likeness (QED) is 0.724. The molecule has 0 bridgehead atoms. The van der Waals surface area contributed by atoms with Crippen LogP contribution < -0.4 is 0 Å². The van der Waals surface area contributed by atoms with Gasteiger partial charge in [-0.3, -0.25) is 0 Å². The first kappa shape index (κ1) is 11.0. The van der Waals surface area contributed by atoms with Crippen LogP contribution in [0, 0.1) is 0 Å². The first-order chi connectivity index (χ1) is 7.57. The van der Waals surface area contributed by atoms with Gasteiger partial charge >= 0.3 is 5.97 Å². The normalized spacial score (nSPS) is 23.0. The summed E-state index contributed by atoms with van der Waals surface area (Å²) >= 11 is 0. The maximum absolute atomic E-state index is 12.9. The molecule has 1 saturated carbocycles. The van der Waals surface area contributed by atoms with Crippen LogP contribution in [-0.4, -0.2) is 18.0 Å². The average molecular weight is 226 g/mol. The number of hydrogen-bond acceptors (Lipinski definition) is 2. The molecule has 0 amide bonds. The highest BCUT2D eigenvalue weighted by molar-refractivity contribution is 5.89. The molecule has 16 heavy (non-hydrogen) atoms. The van der Waals surface area contributed by atoms with E-state index in [1.54, 1.807) is 30.3 Å². The van der Waals surface area contributed by atoms with Gasteiger partial charge in [-0.25, -0.2) is 13.6 Å². The third kappa shape index (κ3) is 2.56. The molecule has 1 aliphatic carbocycles. The van der Waals surface area contributed by atoms with Crippen LogP contribution in [0.2, 0.25) is 0 Å². The number of alkyl halides is 2. The Morgan fingerprint density at radius 3 is 2.56 bits per heavy atom. The Bertz CT molecular complexity index is 376. The van der Waals surface area contributed by atoms with Gasteiger partial charge in [-0.1, -0.05) is 18.2 Å². The summed E-state index contributed by atoms with van der Waals surface area (Å²) < 4.78 is 30.7. The minimum absolute atomic E-state index is 0.195. The molecule has 2 nitrogen and oxygen atoms in total. The summed E-state index contributed by atoms with van der Waals surface area (Å²) in [7, 11) is 0. The number of rotatable bonds is 2. The molecule has 0 spiro atoms. The Hall–Kier alpha value is -1.45. The fourth-order valence-corrected chi connectivity index (χ4v) is 1.80. The number of benzene rings is 1. The molecule has 0 radical (unpaired) electrons.